The molecule has 1 nitrogen and oxygen atoms in total. The van der Waals surface area contributed by atoms with E-state index in [1.807, 2.05) is 0 Å². The third kappa shape index (κ3) is 3.58. The zero-order chi connectivity index (χ0) is 13.2. The Kier molecular flexibility index (Phi) is 3.72. The van der Waals surface area contributed by atoms with E-state index in [4.69, 9.17) is 0 Å². The second-order valence-electron chi connectivity index (χ2n) is 6.30. The van der Waals surface area contributed by atoms with Gasteiger partial charge in [-0.25, -0.2) is 0 Å². The van der Waals surface area contributed by atoms with Crippen LogP contribution >= 0.6 is 0 Å². The summed E-state index contributed by atoms with van der Waals surface area (Å²) in [7, 11) is 0. The van der Waals surface area contributed by atoms with Crippen molar-refractivity contribution in [3.8, 4) is 0 Å². The first kappa shape index (κ1) is 13.1. The molecule has 0 saturated carbocycles. The Balaban J connectivity index is 2.12. The topological polar surface area (TPSA) is 20.2 Å². The van der Waals surface area contributed by atoms with Gasteiger partial charge in [-0.2, -0.15) is 0 Å². The lowest BCUT2D eigenvalue weighted by molar-refractivity contribution is 0.121. The van der Waals surface area contributed by atoms with Gasteiger partial charge in [0.2, 0.25) is 0 Å². The lowest BCUT2D eigenvalue weighted by atomic mass is 9.87. The van der Waals surface area contributed by atoms with Crippen molar-refractivity contribution < 1.29 is 5.11 Å². The van der Waals surface area contributed by atoms with Crippen LogP contribution in [0.5, 0.6) is 0 Å². The molecule has 1 N–H and O–H groups in total. The molecule has 0 saturated heterocycles. The zero-order valence-electron chi connectivity index (χ0n) is 11.5. The van der Waals surface area contributed by atoms with Gasteiger partial charge in [-0.3, -0.25) is 0 Å². The lowest BCUT2D eigenvalue weighted by Crippen LogP contribution is -2.19. The fraction of sp³-hybridized carbons (Fsp3) is 0.412. The van der Waals surface area contributed by atoms with Gasteiger partial charge in [0.25, 0.3) is 0 Å². The summed E-state index contributed by atoms with van der Waals surface area (Å²) in [5, 5.41) is 12.6. The number of aliphatic hydroxyl groups excluding tert-OH is 1. The first-order valence-corrected chi connectivity index (χ1v) is 6.60. The fourth-order valence-corrected chi connectivity index (χ4v) is 2.42. The van der Waals surface area contributed by atoms with Crippen LogP contribution in [0.4, 0.5) is 0 Å². The Morgan fingerprint density at radius 1 is 1.00 bits per heavy atom. The molecule has 0 radical (unpaired) electrons. The van der Waals surface area contributed by atoms with Gasteiger partial charge in [-0.05, 0) is 34.6 Å². The maximum absolute atomic E-state index is 10.1. The Morgan fingerprint density at radius 3 is 2.33 bits per heavy atom. The molecule has 0 spiro atoms. The standard InChI is InChI=1S/C17H22O/c1-17(2,3)12-16(18)11-13-8-9-14-6-4-5-7-15(14)10-13/h4-10,16,18H,11-12H2,1-3H3. The Labute approximate surface area is 109 Å². The molecular weight excluding hydrogens is 220 g/mol. The molecule has 0 aliphatic rings. The average Bonchev–Trinajstić information content (AvgIpc) is 2.26. The molecule has 0 aromatic heterocycles. The summed E-state index contributed by atoms with van der Waals surface area (Å²) >= 11 is 0. The molecule has 96 valence electrons. The molecule has 1 heteroatoms. The summed E-state index contributed by atoms with van der Waals surface area (Å²) in [5.41, 5.74) is 1.39. The highest BCUT2D eigenvalue weighted by Gasteiger charge is 2.16. The molecule has 2 rings (SSSR count). The van der Waals surface area contributed by atoms with Crippen LogP contribution in [0.2, 0.25) is 0 Å². The summed E-state index contributed by atoms with van der Waals surface area (Å²) in [6, 6.07) is 14.8. The molecule has 2 aromatic carbocycles. The van der Waals surface area contributed by atoms with Gasteiger partial charge >= 0.3 is 0 Å². The molecule has 0 heterocycles. The molecule has 2 aromatic rings. The maximum atomic E-state index is 10.1. The number of rotatable bonds is 3. The minimum atomic E-state index is -0.258. The first-order chi connectivity index (χ1) is 8.44. The van der Waals surface area contributed by atoms with Crippen LogP contribution in [-0.2, 0) is 6.42 Å². The first-order valence-electron chi connectivity index (χ1n) is 6.60. The van der Waals surface area contributed by atoms with Crippen molar-refractivity contribution in [1.82, 2.24) is 0 Å². The zero-order valence-corrected chi connectivity index (χ0v) is 11.5. The van der Waals surface area contributed by atoms with Crippen molar-refractivity contribution in [3.05, 3.63) is 48.0 Å². The lowest BCUT2D eigenvalue weighted by Gasteiger charge is -2.22. The minimum absolute atomic E-state index is 0.177. The molecule has 0 amide bonds. The Bertz CT molecular complexity index is 522. The van der Waals surface area contributed by atoms with Crippen molar-refractivity contribution in [3.63, 3.8) is 0 Å². The van der Waals surface area contributed by atoms with Crippen LogP contribution in [0.1, 0.15) is 32.8 Å². The van der Waals surface area contributed by atoms with Crippen LogP contribution in [0.25, 0.3) is 10.8 Å². The van der Waals surface area contributed by atoms with E-state index in [-0.39, 0.29) is 11.5 Å². The second kappa shape index (κ2) is 5.11. The van der Waals surface area contributed by atoms with Crippen molar-refractivity contribution in [2.45, 2.75) is 39.7 Å². The van der Waals surface area contributed by atoms with Gasteiger partial charge in [-0.15, -0.1) is 0 Å². The maximum Gasteiger partial charge on any atom is 0.0585 e. The highest BCUT2D eigenvalue weighted by molar-refractivity contribution is 5.82. The number of hydrogen-bond donors (Lipinski definition) is 1. The van der Waals surface area contributed by atoms with Crippen molar-refractivity contribution >= 4 is 10.8 Å². The number of fused-ring (bicyclic) bond motifs is 1. The summed E-state index contributed by atoms with van der Waals surface area (Å²) in [6.07, 6.45) is 1.31. The highest BCUT2D eigenvalue weighted by Crippen LogP contribution is 2.23. The van der Waals surface area contributed by atoms with E-state index in [1.54, 1.807) is 0 Å². The van der Waals surface area contributed by atoms with E-state index in [9.17, 15) is 5.11 Å². The number of aliphatic hydroxyl groups is 1. The minimum Gasteiger partial charge on any atom is -0.393 e. The van der Waals surface area contributed by atoms with Crippen molar-refractivity contribution in [2.75, 3.05) is 0 Å². The molecule has 0 fully saturated rings. The molecule has 0 aliphatic carbocycles. The van der Waals surface area contributed by atoms with Gasteiger partial charge < -0.3 is 5.11 Å². The van der Waals surface area contributed by atoms with E-state index >= 15 is 0 Å². The Hall–Kier alpha value is -1.34. The second-order valence-corrected chi connectivity index (χ2v) is 6.30. The monoisotopic (exact) mass is 242 g/mol. The van der Waals surface area contributed by atoms with Gasteiger partial charge in [0.15, 0.2) is 0 Å². The largest absolute Gasteiger partial charge is 0.393 e. The summed E-state index contributed by atoms with van der Waals surface area (Å²) in [5.74, 6) is 0. The molecule has 0 bridgehead atoms. The average molecular weight is 242 g/mol. The summed E-state index contributed by atoms with van der Waals surface area (Å²) < 4.78 is 0. The smallest absolute Gasteiger partial charge is 0.0585 e. The van der Waals surface area contributed by atoms with Crippen LogP contribution in [0.15, 0.2) is 42.5 Å². The van der Waals surface area contributed by atoms with Crippen molar-refractivity contribution in [1.29, 1.82) is 0 Å². The van der Waals surface area contributed by atoms with E-state index in [2.05, 4.69) is 63.2 Å². The molecule has 1 unspecified atom stereocenters. The highest BCUT2D eigenvalue weighted by atomic mass is 16.3. The number of benzene rings is 2. The molecular formula is C17H22O. The predicted octanol–water partition coefficient (Wildman–Crippen LogP) is 4.18. The SMILES string of the molecule is CC(C)(C)CC(O)Cc1ccc2ccccc2c1. The van der Waals surface area contributed by atoms with Gasteiger partial charge in [-0.1, -0.05) is 63.2 Å². The fourth-order valence-electron chi connectivity index (χ4n) is 2.42. The quantitative estimate of drug-likeness (QED) is 0.856. The summed E-state index contributed by atoms with van der Waals surface area (Å²) in [6.45, 7) is 6.49. The molecule has 0 aliphatic heterocycles. The predicted molar refractivity (Wildman–Crippen MR) is 77.7 cm³/mol. The normalized spacial score (nSPS) is 13.8. The van der Waals surface area contributed by atoms with Crippen molar-refractivity contribution in [2.24, 2.45) is 5.41 Å². The van der Waals surface area contributed by atoms with Gasteiger partial charge in [0.1, 0.15) is 0 Å². The van der Waals surface area contributed by atoms with E-state index in [0.717, 1.165) is 12.8 Å². The van der Waals surface area contributed by atoms with Crippen LogP contribution in [-0.4, -0.2) is 11.2 Å². The van der Waals surface area contributed by atoms with E-state index in [0.29, 0.717) is 0 Å². The summed E-state index contributed by atoms with van der Waals surface area (Å²) in [4.78, 5) is 0. The van der Waals surface area contributed by atoms with E-state index in [1.165, 1.54) is 16.3 Å². The van der Waals surface area contributed by atoms with Crippen LogP contribution < -0.4 is 0 Å². The third-order valence-corrected chi connectivity index (χ3v) is 3.13. The van der Waals surface area contributed by atoms with E-state index < -0.39 is 0 Å². The number of hydrogen-bond acceptors (Lipinski definition) is 1. The third-order valence-electron chi connectivity index (χ3n) is 3.13. The van der Waals surface area contributed by atoms with Gasteiger partial charge in [0, 0.05) is 0 Å². The Morgan fingerprint density at radius 2 is 1.67 bits per heavy atom. The van der Waals surface area contributed by atoms with Crippen LogP contribution in [0, 0.1) is 5.41 Å². The van der Waals surface area contributed by atoms with Gasteiger partial charge in [0.05, 0.1) is 6.10 Å². The van der Waals surface area contributed by atoms with Crippen LogP contribution in [0.3, 0.4) is 0 Å². The molecule has 18 heavy (non-hydrogen) atoms. The molecule has 1 atom stereocenters.